The SMILES string of the molecule is O=[N+]([O-])c1ccc(SCCCCOCc2ccccc2)cc1. The number of nitro benzene ring substituents is 1. The second-order valence-electron chi connectivity index (χ2n) is 4.84. The van der Waals surface area contributed by atoms with Gasteiger partial charge >= 0.3 is 0 Å². The summed E-state index contributed by atoms with van der Waals surface area (Å²) >= 11 is 1.72. The summed E-state index contributed by atoms with van der Waals surface area (Å²) in [6, 6.07) is 16.8. The highest BCUT2D eigenvalue weighted by Crippen LogP contribution is 2.22. The highest BCUT2D eigenvalue weighted by Gasteiger charge is 2.03. The molecule has 0 radical (unpaired) electrons. The Labute approximate surface area is 134 Å². The molecule has 0 aliphatic heterocycles. The Kier molecular flexibility index (Phi) is 6.93. The molecule has 0 spiro atoms. The minimum Gasteiger partial charge on any atom is -0.377 e. The fraction of sp³-hybridized carbons (Fsp3) is 0.294. The maximum atomic E-state index is 10.6. The molecule has 0 unspecified atom stereocenters. The average molecular weight is 317 g/mol. The van der Waals surface area contributed by atoms with Crippen LogP contribution in [0.4, 0.5) is 5.69 Å². The van der Waals surface area contributed by atoms with E-state index in [0.717, 1.165) is 30.1 Å². The van der Waals surface area contributed by atoms with E-state index >= 15 is 0 Å². The summed E-state index contributed by atoms with van der Waals surface area (Å²) in [6.07, 6.45) is 2.09. The van der Waals surface area contributed by atoms with Gasteiger partial charge in [-0.05, 0) is 36.3 Å². The van der Waals surface area contributed by atoms with Crippen LogP contribution >= 0.6 is 11.8 Å². The number of non-ortho nitro benzene ring substituents is 1. The van der Waals surface area contributed by atoms with Gasteiger partial charge in [0.15, 0.2) is 0 Å². The Bertz CT molecular complexity index is 572. The number of ether oxygens (including phenoxy) is 1. The topological polar surface area (TPSA) is 52.4 Å². The van der Waals surface area contributed by atoms with Gasteiger partial charge in [-0.15, -0.1) is 11.8 Å². The van der Waals surface area contributed by atoms with Crippen molar-refractivity contribution in [3.8, 4) is 0 Å². The molecular formula is C17H19NO3S. The summed E-state index contributed by atoms with van der Waals surface area (Å²) in [6.45, 7) is 1.42. The average Bonchev–Trinajstić information content (AvgIpc) is 2.55. The minimum atomic E-state index is -0.376. The monoisotopic (exact) mass is 317 g/mol. The van der Waals surface area contributed by atoms with Crippen LogP contribution in [0.25, 0.3) is 0 Å². The number of hydrogen-bond donors (Lipinski definition) is 0. The molecule has 2 rings (SSSR count). The first-order valence-corrected chi connectivity index (χ1v) is 8.23. The molecule has 0 aromatic heterocycles. The second kappa shape index (κ2) is 9.23. The highest BCUT2D eigenvalue weighted by molar-refractivity contribution is 7.99. The highest BCUT2D eigenvalue weighted by atomic mass is 32.2. The van der Waals surface area contributed by atoms with Crippen LogP contribution in [0.1, 0.15) is 18.4 Å². The number of rotatable bonds is 9. The largest absolute Gasteiger partial charge is 0.377 e. The fourth-order valence-corrected chi connectivity index (χ4v) is 2.84. The van der Waals surface area contributed by atoms with Crippen molar-refractivity contribution in [2.24, 2.45) is 0 Å². The van der Waals surface area contributed by atoms with E-state index in [2.05, 4.69) is 12.1 Å². The van der Waals surface area contributed by atoms with E-state index in [0.29, 0.717) is 6.61 Å². The molecule has 0 saturated heterocycles. The summed E-state index contributed by atoms with van der Waals surface area (Å²) in [7, 11) is 0. The number of benzene rings is 2. The molecule has 0 saturated carbocycles. The van der Waals surface area contributed by atoms with Gasteiger partial charge in [0.25, 0.3) is 5.69 Å². The molecule has 0 atom stereocenters. The van der Waals surface area contributed by atoms with Crippen LogP contribution in [0, 0.1) is 10.1 Å². The first-order chi connectivity index (χ1) is 10.8. The van der Waals surface area contributed by atoms with Crippen molar-refractivity contribution >= 4 is 17.4 Å². The second-order valence-corrected chi connectivity index (χ2v) is 6.01. The van der Waals surface area contributed by atoms with E-state index in [9.17, 15) is 10.1 Å². The van der Waals surface area contributed by atoms with Crippen molar-refractivity contribution in [1.82, 2.24) is 0 Å². The summed E-state index contributed by atoms with van der Waals surface area (Å²) in [5.41, 5.74) is 1.33. The lowest BCUT2D eigenvalue weighted by Gasteiger charge is -2.04. The molecule has 0 bridgehead atoms. The Morgan fingerprint density at radius 2 is 1.73 bits per heavy atom. The predicted molar refractivity (Wildman–Crippen MR) is 89.2 cm³/mol. The molecule has 4 nitrogen and oxygen atoms in total. The number of unbranched alkanes of at least 4 members (excludes halogenated alkanes) is 1. The maximum Gasteiger partial charge on any atom is 0.269 e. The van der Waals surface area contributed by atoms with Crippen molar-refractivity contribution in [1.29, 1.82) is 0 Å². The van der Waals surface area contributed by atoms with E-state index in [1.54, 1.807) is 36.0 Å². The van der Waals surface area contributed by atoms with Gasteiger partial charge in [-0.3, -0.25) is 10.1 Å². The van der Waals surface area contributed by atoms with E-state index in [4.69, 9.17) is 4.74 Å². The first kappa shape index (κ1) is 16.5. The van der Waals surface area contributed by atoms with Gasteiger partial charge in [0.05, 0.1) is 11.5 Å². The van der Waals surface area contributed by atoms with Gasteiger partial charge in [-0.25, -0.2) is 0 Å². The Balaban J connectivity index is 1.55. The van der Waals surface area contributed by atoms with E-state index in [1.807, 2.05) is 18.2 Å². The number of thioether (sulfide) groups is 1. The molecule has 5 heteroatoms. The van der Waals surface area contributed by atoms with Crippen LogP contribution in [0.3, 0.4) is 0 Å². The molecule has 2 aromatic rings. The lowest BCUT2D eigenvalue weighted by Crippen LogP contribution is -1.96. The first-order valence-electron chi connectivity index (χ1n) is 7.24. The zero-order valence-electron chi connectivity index (χ0n) is 12.3. The van der Waals surface area contributed by atoms with Gasteiger partial charge in [-0.1, -0.05) is 30.3 Å². The van der Waals surface area contributed by atoms with Crippen LogP contribution < -0.4 is 0 Å². The standard InChI is InChI=1S/C17H19NO3S/c19-18(20)16-8-10-17(11-9-16)22-13-5-4-12-21-14-15-6-2-1-3-7-15/h1-3,6-11H,4-5,12-14H2. The lowest BCUT2D eigenvalue weighted by molar-refractivity contribution is -0.384. The van der Waals surface area contributed by atoms with Gasteiger partial charge in [-0.2, -0.15) is 0 Å². The van der Waals surface area contributed by atoms with Crippen LogP contribution in [-0.2, 0) is 11.3 Å². The molecule has 22 heavy (non-hydrogen) atoms. The van der Waals surface area contributed by atoms with E-state index in [-0.39, 0.29) is 10.6 Å². The summed E-state index contributed by atoms with van der Waals surface area (Å²) in [5, 5.41) is 10.6. The molecule has 0 N–H and O–H groups in total. The van der Waals surface area contributed by atoms with Crippen molar-refractivity contribution in [3.63, 3.8) is 0 Å². The Morgan fingerprint density at radius 1 is 1.00 bits per heavy atom. The minimum absolute atomic E-state index is 0.138. The van der Waals surface area contributed by atoms with Crippen molar-refractivity contribution in [3.05, 3.63) is 70.3 Å². The third kappa shape index (κ3) is 5.87. The quantitative estimate of drug-likeness (QED) is 0.291. The smallest absolute Gasteiger partial charge is 0.269 e. The Hall–Kier alpha value is -1.85. The fourth-order valence-electron chi connectivity index (χ4n) is 1.92. The van der Waals surface area contributed by atoms with E-state index < -0.39 is 0 Å². The number of hydrogen-bond acceptors (Lipinski definition) is 4. The van der Waals surface area contributed by atoms with Crippen LogP contribution in [0.15, 0.2) is 59.5 Å². The lowest BCUT2D eigenvalue weighted by atomic mass is 10.2. The zero-order valence-corrected chi connectivity index (χ0v) is 13.1. The summed E-state index contributed by atoms with van der Waals surface area (Å²) < 4.78 is 5.63. The third-order valence-electron chi connectivity index (χ3n) is 3.11. The van der Waals surface area contributed by atoms with E-state index in [1.165, 1.54) is 5.56 Å². The molecule has 0 amide bonds. The number of nitro groups is 1. The summed E-state index contributed by atoms with van der Waals surface area (Å²) in [4.78, 5) is 11.2. The van der Waals surface area contributed by atoms with Crippen LogP contribution in [0.2, 0.25) is 0 Å². The van der Waals surface area contributed by atoms with Crippen LogP contribution in [-0.4, -0.2) is 17.3 Å². The number of nitrogens with zero attached hydrogens (tertiary/aromatic N) is 1. The van der Waals surface area contributed by atoms with Gasteiger partial charge < -0.3 is 4.74 Å². The molecule has 0 aliphatic carbocycles. The van der Waals surface area contributed by atoms with Gasteiger partial charge in [0, 0.05) is 23.6 Å². The molecule has 0 heterocycles. The van der Waals surface area contributed by atoms with Crippen molar-refractivity contribution in [2.45, 2.75) is 24.3 Å². The molecular weight excluding hydrogens is 298 g/mol. The molecule has 0 aliphatic rings. The molecule has 0 fully saturated rings. The maximum absolute atomic E-state index is 10.6. The molecule has 2 aromatic carbocycles. The van der Waals surface area contributed by atoms with Crippen LogP contribution in [0.5, 0.6) is 0 Å². The van der Waals surface area contributed by atoms with Gasteiger partial charge in [0.2, 0.25) is 0 Å². The summed E-state index contributed by atoms with van der Waals surface area (Å²) in [5.74, 6) is 0.993. The predicted octanol–water partition coefficient (Wildman–Crippen LogP) is 4.68. The third-order valence-corrected chi connectivity index (χ3v) is 4.21. The van der Waals surface area contributed by atoms with Crippen molar-refractivity contribution in [2.75, 3.05) is 12.4 Å². The van der Waals surface area contributed by atoms with Gasteiger partial charge in [0.1, 0.15) is 0 Å². The zero-order chi connectivity index (χ0) is 15.6. The van der Waals surface area contributed by atoms with Crippen molar-refractivity contribution < 1.29 is 9.66 Å². The Morgan fingerprint density at radius 3 is 2.41 bits per heavy atom. The normalized spacial score (nSPS) is 10.5. The molecule has 116 valence electrons.